The first-order chi connectivity index (χ1) is 8.18. The van der Waals surface area contributed by atoms with Gasteiger partial charge in [0.05, 0.1) is 11.5 Å². The molecule has 0 N–H and O–H groups in total. The van der Waals surface area contributed by atoms with Crippen LogP contribution in [0.3, 0.4) is 0 Å². The number of nitrogens with zero attached hydrogens (tertiary/aromatic N) is 1. The Morgan fingerprint density at radius 2 is 1.35 bits per heavy atom. The molecule has 1 radical (unpaired) electrons. The maximum Gasteiger partial charge on any atom is 0.0689 e. The fourth-order valence-electron chi connectivity index (χ4n) is 2.31. The predicted molar refractivity (Wildman–Crippen MR) is 75.5 cm³/mol. The number of hydrogen-bond donors (Lipinski definition) is 0. The van der Waals surface area contributed by atoms with Gasteiger partial charge in [-0.2, -0.15) is 5.26 Å². The van der Waals surface area contributed by atoms with Crippen LogP contribution in [0.5, 0.6) is 0 Å². The zero-order chi connectivity index (χ0) is 13.0. The minimum atomic E-state index is -0.309. The molecule has 0 heterocycles. The van der Waals surface area contributed by atoms with Gasteiger partial charge in [-0.25, -0.2) is 0 Å². The zero-order valence-electron chi connectivity index (χ0n) is 11.9. The van der Waals surface area contributed by atoms with Crippen LogP contribution in [0.1, 0.15) is 84.5 Å². The molecule has 0 aromatic heterocycles. The lowest BCUT2D eigenvalue weighted by molar-refractivity contribution is 0.393. The van der Waals surface area contributed by atoms with Gasteiger partial charge in [-0.15, -0.1) is 0 Å². The number of unbranched alkanes of at least 4 members (excludes halogenated alkanes) is 7. The van der Waals surface area contributed by atoms with Gasteiger partial charge in [0.1, 0.15) is 0 Å². The Labute approximate surface area is 109 Å². The number of hydrogen-bond acceptors (Lipinski definition) is 1. The fraction of sp³-hybridized carbons (Fsp3) is 0.875. The van der Waals surface area contributed by atoms with Crippen molar-refractivity contribution in [3.8, 4) is 6.07 Å². The summed E-state index contributed by atoms with van der Waals surface area (Å²) < 4.78 is 0. The van der Waals surface area contributed by atoms with Gasteiger partial charge in [0, 0.05) is 0 Å². The lowest BCUT2D eigenvalue weighted by atomic mass is 9.82. The highest BCUT2D eigenvalue weighted by molar-refractivity contribution is 5.00. The summed E-state index contributed by atoms with van der Waals surface area (Å²) >= 11 is 0. The van der Waals surface area contributed by atoms with E-state index in [1.165, 1.54) is 51.4 Å². The standard InChI is InChI=1S/C16H30N/c1-4-6-7-8-9-10-11-12-14-16(3,15-17)13-5-2/h3-14H2,1-2H3. The number of nitriles is 1. The van der Waals surface area contributed by atoms with Crippen LogP contribution in [-0.4, -0.2) is 0 Å². The molecule has 0 aliphatic rings. The van der Waals surface area contributed by atoms with Crippen molar-refractivity contribution in [1.82, 2.24) is 0 Å². The molecule has 0 fully saturated rings. The van der Waals surface area contributed by atoms with E-state index in [9.17, 15) is 0 Å². The zero-order valence-corrected chi connectivity index (χ0v) is 11.9. The average Bonchev–Trinajstić information content (AvgIpc) is 2.33. The summed E-state index contributed by atoms with van der Waals surface area (Å²) in [5, 5.41) is 9.10. The van der Waals surface area contributed by atoms with E-state index in [1.54, 1.807) is 0 Å². The lowest BCUT2D eigenvalue weighted by Gasteiger charge is -2.20. The van der Waals surface area contributed by atoms with Gasteiger partial charge in [0.2, 0.25) is 0 Å². The molecule has 0 bridgehead atoms. The quantitative estimate of drug-likeness (QED) is 0.424. The first-order valence-electron chi connectivity index (χ1n) is 7.45. The summed E-state index contributed by atoms with van der Waals surface area (Å²) in [4.78, 5) is 0. The van der Waals surface area contributed by atoms with Crippen molar-refractivity contribution < 1.29 is 0 Å². The van der Waals surface area contributed by atoms with Gasteiger partial charge in [-0.1, -0.05) is 71.6 Å². The molecular formula is C16H30N. The highest BCUT2D eigenvalue weighted by Gasteiger charge is 2.21. The van der Waals surface area contributed by atoms with Crippen molar-refractivity contribution in [2.24, 2.45) is 5.41 Å². The highest BCUT2D eigenvalue weighted by Crippen LogP contribution is 2.28. The molecule has 1 heteroatoms. The first-order valence-corrected chi connectivity index (χ1v) is 7.45. The second-order valence-corrected chi connectivity index (χ2v) is 5.37. The minimum absolute atomic E-state index is 0.309. The Hall–Kier alpha value is -0.510. The summed E-state index contributed by atoms with van der Waals surface area (Å²) in [6, 6.07) is 2.39. The molecule has 0 aromatic carbocycles. The van der Waals surface area contributed by atoms with Crippen LogP contribution < -0.4 is 0 Å². The maximum atomic E-state index is 9.10. The molecule has 0 amide bonds. The van der Waals surface area contributed by atoms with E-state index >= 15 is 0 Å². The summed E-state index contributed by atoms with van der Waals surface area (Å²) in [5.74, 6) is 0. The topological polar surface area (TPSA) is 23.8 Å². The normalized spacial score (nSPS) is 14.2. The van der Waals surface area contributed by atoms with Crippen LogP contribution in [0, 0.1) is 23.7 Å². The maximum absolute atomic E-state index is 9.10. The molecule has 0 spiro atoms. The van der Waals surface area contributed by atoms with E-state index in [1.807, 2.05) is 0 Å². The molecule has 1 unspecified atom stereocenters. The largest absolute Gasteiger partial charge is 0.198 e. The van der Waals surface area contributed by atoms with Gasteiger partial charge in [-0.3, -0.25) is 0 Å². The monoisotopic (exact) mass is 236 g/mol. The first kappa shape index (κ1) is 16.5. The molecule has 1 atom stereocenters. The Morgan fingerprint density at radius 1 is 0.824 bits per heavy atom. The van der Waals surface area contributed by atoms with Crippen LogP contribution >= 0.6 is 0 Å². The minimum Gasteiger partial charge on any atom is -0.198 e. The van der Waals surface area contributed by atoms with Crippen molar-refractivity contribution >= 4 is 0 Å². The van der Waals surface area contributed by atoms with Crippen LogP contribution in [0.4, 0.5) is 0 Å². The summed E-state index contributed by atoms with van der Waals surface area (Å²) in [6.45, 7) is 8.46. The van der Waals surface area contributed by atoms with Crippen molar-refractivity contribution in [1.29, 1.82) is 5.26 Å². The second-order valence-electron chi connectivity index (χ2n) is 5.37. The molecule has 0 rings (SSSR count). The summed E-state index contributed by atoms with van der Waals surface area (Å²) in [7, 11) is 0. The van der Waals surface area contributed by atoms with Crippen LogP contribution in [-0.2, 0) is 0 Å². The molecule has 0 aliphatic heterocycles. The molecule has 0 aliphatic carbocycles. The van der Waals surface area contributed by atoms with Crippen molar-refractivity contribution in [3.05, 3.63) is 6.92 Å². The third-order valence-corrected chi connectivity index (χ3v) is 3.47. The Balaban J connectivity index is 3.41. The molecule has 0 aromatic rings. The average molecular weight is 236 g/mol. The van der Waals surface area contributed by atoms with Gasteiger partial charge >= 0.3 is 0 Å². The summed E-state index contributed by atoms with van der Waals surface area (Å²) in [5.41, 5.74) is -0.309. The second kappa shape index (κ2) is 10.6. The van der Waals surface area contributed by atoms with Gasteiger partial charge < -0.3 is 0 Å². The van der Waals surface area contributed by atoms with Gasteiger partial charge in [-0.05, 0) is 19.8 Å². The Kier molecular flexibility index (Phi) is 10.3. The van der Waals surface area contributed by atoms with Crippen molar-refractivity contribution in [3.63, 3.8) is 0 Å². The van der Waals surface area contributed by atoms with E-state index in [2.05, 4.69) is 26.8 Å². The highest BCUT2D eigenvalue weighted by atomic mass is 14.3. The van der Waals surface area contributed by atoms with E-state index in [-0.39, 0.29) is 5.41 Å². The van der Waals surface area contributed by atoms with Crippen molar-refractivity contribution in [2.45, 2.75) is 84.5 Å². The Bertz CT molecular complexity index is 204. The Morgan fingerprint density at radius 3 is 1.82 bits per heavy atom. The fourth-order valence-corrected chi connectivity index (χ4v) is 2.31. The SMILES string of the molecule is [CH2]C(C#N)(CCC)CCCCCCCCCC. The molecule has 1 nitrogen and oxygen atoms in total. The predicted octanol–water partition coefficient (Wildman–Crippen LogP) is 5.66. The van der Waals surface area contributed by atoms with E-state index in [0.717, 1.165) is 19.3 Å². The smallest absolute Gasteiger partial charge is 0.0689 e. The molecule has 0 saturated heterocycles. The van der Waals surface area contributed by atoms with Crippen LogP contribution in [0.2, 0.25) is 0 Å². The lowest BCUT2D eigenvalue weighted by Crippen LogP contribution is -2.13. The van der Waals surface area contributed by atoms with Gasteiger partial charge in [0.25, 0.3) is 0 Å². The van der Waals surface area contributed by atoms with E-state index in [0.29, 0.717) is 0 Å². The third kappa shape index (κ3) is 9.22. The van der Waals surface area contributed by atoms with Crippen molar-refractivity contribution in [2.75, 3.05) is 0 Å². The summed E-state index contributed by atoms with van der Waals surface area (Å²) in [6.07, 6.45) is 13.6. The molecule has 17 heavy (non-hydrogen) atoms. The molecular weight excluding hydrogens is 206 g/mol. The number of rotatable bonds is 11. The molecule has 99 valence electrons. The van der Waals surface area contributed by atoms with E-state index in [4.69, 9.17) is 5.26 Å². The van der Waals surface area contributed by atoms with Crippen LogP contribution in [0.25, 0.3) is 0 Å². The third-order valence-electron chi connectivity index (χ3n) is 3.47. The van der Waals surface area contributed by atoms with E-state index < -0.39 is 0 Å². The molecule has 0 saturated carbocycles. The van der Waals surface area contributed by atoms with Crippen LogP contribution in [0.15, 0.2) is 0 Å². The van der Waals surface area contributed by atoms with Gasteiger partial charge in [0.15, 0.2) is 0 Å².